The average molecular weight is 488 g/mol. The van der Waals surface area contributed by atoms with Crippen LogP contribution in [0.15, 0.2) is 54.9 Å². The van der Waals surface area contributed by atoms with E-state index < -0.39 is 0 Å². The molecule has 2 saturated heterocycles. The maximum Gasteiger partial charge on any atom is 0.229 e. The molecule has 172 valence electrons. The molecule has 0 radical (unpaired) electrons. The maximum atomic E-state index is 13.1. The number of carbonyl (C=O) groups is 1. The second kappa shape index (κ2) is 12.6. The molecule has 0 saturated carbocycles. The Morgan fingerprint density at radius 2 is 1.65 bits per heavy atom. The minimum absolute atomic E-state index is 0. The summed E-state index contributed by atoms with van der Waals surface area (Å²) in [7, 11) is 0. The molecule has 1 spiro atoms. The van der Waals surface area contributed by atoms with Crippen molar-refractivity contribution in [2.24, 2.45) is 11.1 Å². The summed E-state index contributed by atoms with van der Waals surface area (Å²) >= 11 is 0. The second-order valence-electron chi connectivity index (χ2n) is 8.27. The molecular formula is C23H33Cl3N4O. The van der Waals surface area contributed by atoms with Crippen LogP contribution in [0.5, 0.6) is 0 Å². The van der Waals surface area contributed by atoms with Gasteiger partial charge in [-0.1, -0.05) is 36.4 Å². The van der Waals surface area contributed by atoms with Gasteiger partial charge in [-0.05, 0) is 62.5 Å². The van der Waals surface area contributed by atoms with E-state index in [-0.39, 0.29) is 48.7 Å². The molecule has 0 aliphatic carbocycles. The van der Waals surface area contributed by atoms with Crippen LogP contribution in [-0.4, -0.2) is 46.9 Å². The number of carbonyl (C=O) groups excluding carboxylic acids is 1. The third-order valence-corrected chi connectivity index (χ3v) is 6.49. The summed E-state index contributed by atoms with van der Waals surface area (Å²) in [5.74, 6) is 0.344. The standard InChI is InChI=1S/C23H30N4O.3ClH/c24-21(20-6-2-1-3-7-20)8-13-26-14-9-23(10-15-26)11-16-27(22(23)28)18-19-5-4-12-25-17-19;;;/h1-7,12,17,21H,8-11,13-16,18,24H2;3*1H. The van der Waals surface area contributed by atoms with Gasteiger partial charge < -0.3 is 15.5 Å². The summed E-state index contributed by atoms with van der Waals surface area (Å²) in [5, 5.41) is 0. The van der Waals surface area contributed by atoms with Gasteiger partial charge in [0.2, 0.25) is 5.91 Å². The number of hydrogen-bond acceptors (Lipinski definition) is 4. The Bertz CT molecular complexity index is 786. The van der Waals surface area contributed by atoms with Crippen LogP contribution < -0.4 is 5.73 Å². The molecule has 2 N–H and O–H groups in total. The molecule has 2 aliphatic rings. The lowest BCUT2D eigenvalue weighted by Gasteiger charge is -2.38. The number of nitrogens with two attached hydrogens (primary N) is 1. The van der Waals surface area contributed by atoms with Crippen molar-refractivity contribution in [1.82, 2.24) is 14.8 Å². The highest BCUT2D eigenvalue weighted by molar-refractivity contribution is 5.86. The van der Waals surface area contributed by atoms with Crippen molar-refractivity contribution in [3.05, 3.63) is 66.0 Å². The Morgan fingerprint density at radius 3 is 2.29 bits per heavy atom. The summed E-state index contributed by atoms with van der Waals surface area (Å²) in [6.07, 6.45) is 7.51. The van der Waals surface area contributed by atoms with Gasteiger partial charge in [-0.15, -0.1) is 37.2 Å². The number of halogens is 3. The summed E-state index contributed by atoms with van der Waals surface area (Å²) in [4.78, 5) is 21.8. The van der Waals surface area contributed by atoms with E-state index in [0.29, 0.717) is 12.5 Å². The number of nitrogens with zero attached hydrogens (tertiary/aromatic N) is 3. The summed E-state index contributed by atoms with van der Waals surface area (Å²) < 4.78 is 0. The molecule has 1 aromatic carbocycles. The first-order chi connectivity index (χ1) is 13.7. The maximum absolute atomic E-state index is 13.1. The van der Waals surface area contributed by atoms with Gasteiger partial charge in [-0.3, -0.25) is 9.78 Å². The highest BCUT2D eigenvalue weighted by atomic mass is 35.5. The largest absolute Gasteiger partial charge is 0.338 e. The van der Waals surface area contributed by atoms with Crippen molar-refractivity contribution in [3.8, 4) is 0 Å². The van der Waals surface area contributed by atoms with Crippen molar-refractivity contribution in [2.75, 3.05) is 26.2 Å². The monoisotopic (exact) mass is 486 g/mol. The quantitative estimate of drug-likeness (QED) is 0.661. The molecule has 0 bridgehead atoms. The Kier molecular flexibility index (Phi) is 11.3. The third kappa shape index (κ3) is 6.56. The highest BCUT2D eigenvalue weighted by Crippen LogP contribution is 2.42. The normalized spacial score (nSPS) is 18.6. The number of hydrogen-bond donors (Lipinski definition) is 1. The van der Waals surface area contributed by atoms with Gasteiger partial charge in [0.05, 0.1) is 5.41 Å². The van der Waals surface area contributed by atoms with Crippen molar-refractivity contribution in [2.45, 2.75) is 38.3 Å². The zero-order chi connectivity index (χ0) is 19.4. The number of benzene rings is 1. The molecule has 1 amide bonds. The second-order valence-corrected chi connectivity index (χ2v) is 8.27. The Hall–Kier alpha value is -1.37. The molecule has 2 fully saturated rings. The molecule has 2 aromatic rings. The Labute approximate surface area is 204 Å². The predicted molar refractivity (Wildman–Crippen MR) is 132 cm³/mol. The van der Waals surface area contributed by atoms with Gasteiger partial charge in [0.25, 0.3) is 0 Å². The van der Waals surface area contributed by atoms with Crippen LogP contribution in [-0.2, 0) is 11.3 Å². The lowest BCUT2D eigenvalue weighted by Crippen LogP contribution is -2.45. The van der Waals surface area contributed by atoms with Crippen molar-refractivity contribution in [3.63, 3.8) is 0 Å². The Morgan fingerprint density at radius 1 is 0.968 bits per heavy atom. The van der Waals surface area contributed by atoms with E-state index in [1.165, 1.54) is 5.56 Å². The fraction of sp³-hybridized carbons (Fsp3) is 0.478. The fourth-order valence-corrected chi connectivity index (χ4v) is 4.61. The van der Waals surface area contributed by atoms with Crippen molar-refractivity contribution >= 4 is 43.1 Å². The molecule has 2 aliphatic heterocycles. The van der Waals surface area contributed by atoms with Crippen LogP contribution in [0.3, 0.4) is 0 Å². The third-order valence-electron chi connectivity index (χ3n) is 6.49. The highest BCUT2D eigenvalue weighted by Gasteiger charge is 2.47. The number of likely N-dealkylation sites (tertiary alicyclic amines) is 2. The van der Waals surface area contributed by atoms with Gasteiger partial charge >= 0.3 is 0 Å². The molecule has 3 heterocycles. The van der Waals surface area contributed by atoms with Crippen molar-refractivity contribution in [1.29, 1.82) is 0 Å². The van der Waals surface area contributed by atoms with Gasteiger partial charge in [-0.2, -0.15) is 0 Å². The zero-order valence-corrected chi connectivity index (χ0v) is 20.1. The van der Waals surface area contributed by atoms with Crippen LogP contribution in [0.1, 0.15) is 42.9 Å². The Balaban J connectivity index is 0.00000160. The lowest BCUT2D eigenvalue weighted by atomic mass is 9.77. The van der Waals surface area contributed by atoms with Gasteiger partial charge in [0.15, 0.2) is 0 Å². The number of pyridine rings is 1. The zero-order valence-electron chi connectivity index (χ0n) is 17.7. The lowest BCUT2D eigenvalue weighted by molar-refractivity contribution is -0.138. The number of piperidine rings is 1. The van der Waals surface area contributed by atoms with E-state index in [2.05, 4.69) is 22.0 Å². The molecule has 1 atom stereocenters. The van der Waals surface area contributed by atoms with Crippen LogP contribution in [0.4, 0.5) is 0 Å². The summed E-state index contributed by atoms with van der Waals surface area (Å²) in [6, 6.07) is 14.4. The smallest absolute Gasteiger partial charge is 0.229 e. The molecule has 1 unspecified atom stereocenters. The molecular weight excluding hydrogens is 455 g/mol. The minimum Gasteiger partial charge on any atom is -0.338 e. The van der Waals surface area contributed by atoms with E-state index >= 15 is 0 Å². The first-order valence-electron chi connectivity index (χ1n) is 10.4. The first-order valence-corrected chi connectivity index (χ1v) is 10.4. The summed E-state index contributed by atoms with van der Waals surface area (Å²) in [6.45, 7) is 4.54. The number of rotatable bonds is 6. The fourth-order valence-electron chi connectivity index (χ4n) is 4.61. The van der Waals surface area contributed by atoms with Gasteiger partial charge in [0.1, 0.15) is 0 Å². The van der Waals surface area contributed by atoms with Crippen LogP contribution in [0, 0.1) is 5.41 Å². The molecule has 1 aromatic heterocycles. The first kappa shape index (κ1) is 27.7. The molecule has 31 heavy (non-hydrogen) atoms. The molecule has 5 nitrogen and oxygen atoms in total. The predicted octanol–water partition coefficient (Wildman–Crippen LogP) is 4.25. The van der Waals surface area contributed by atoms with E-state index in [4.69, 9.17) is 5.73 Å². The van der Waals surface area contributed by atoms with Crippen LogP contribution in [0.2, 0.25) is 0 Å². The summed E-state index contributed by atoms with van der Waals surface area (Å²) in [5.41, 5.74) is 8.52. The van der Waals surface area contributed by atoms with Crippen LogP contribution >= 0.6 is 37.2 Å². The van der Waals surface area contributed by atoms with Gasteiger partial charge in [-0.25, -0.2) is 0 Å². The average Bonchev–Trinajstić information content (AvgIpc) is 3.04. The SMILES string of the molecule is Cl.Cl.Cl.NC(CCN1CCC2(CC1)CCN(Cc1cccnc1)C2=O)c1ccccc1. The molecule has 8 heteroatoms. The number of aromatic nitrogens is 1. The molecule has 4 rings (SSSR count). The van der Waals surface area contributed by atoms with Crippen molar-refractivity contribution < 1.29 is 4.79 Å². The topological polar surface area (TPSA) is 62.5 Å². The van der Waals surface area contributed by atoms with E-state index in [1.54, 1.807) is 6.20 Å². The number of amides is 1. The van der Waals surface area contributed by atoms with E-state index in [9.17, 15) is 4.79 Å². The van der Waals surface area contributed by atoms with E-state index in [0.717, 1.165) is 57.4 Å². The minimum atomic E-state index is -0.139. The van der Waals surface area contributed by atoms with E-state index in [1.807, 2.05) is 41.4 Å². The van der Waals surface area contributed by atoms with Crippen LogP contribution in [0.25, 0.3) is 0 Å². The van der Waals surface area contributed by atoms with Gasteiger partial charge in [0, 0.05) is 31.5 Å².